The predicted octanol–water partition coefficient (Wildman–Crippen LogP) is 3.01. The maximum atomic E-state index is 12.5. The largest absolute Gasteiger partial charge is 0.454 e. The molecule has 160 valence electrons. The number of hydrogen-bond donors (Lipinski definition) is 1. The van der Waals surface area contributed by atoms with Gasteiger partial charge in [0, 0.05) is 11.3 Å². The summed E-state index contributed by atoms with van der Waals surface area (Å²) >= 11 is 0. The topological polar surface area (TPSA) is 92.8 Å². The van der Waals surface area contributed by atoms with E-state index in [4.69, 9.17) is 4.74 Å². The number of imide groups is 1. The zero-order valence-electron chi connectivity index (χ0n) is 17.1. The van der Waals surface area contributed by atoms with Crippen LogP contribution >= 0.6 is 0 Å². The number of carbonyl (C=O) groups excluding carboxylic acids is 4. The number of para-hydroxylation sites is 1. The minimum absolute atomic E-state index is 0.298. The fourth-order valence-corrected chi connectivity index (χ4v) is 4.36. The second-order valence-corrected chi connectivity index (χ2v) is 7.88. The SMILES string of the molecule is O=C(COC(=O)CN1C(=O)C2CCCCC2C1=O)Nc1ccccc1-c1ccccc1. The number of carbonyl (C=O) groups is 4. The maximum Gasteiger partial charge on any atom is 0.326 e. The molecule has 3 amide bonds. The number of amides is 3. The lowest BCUT2D eigenvalue weighted by atomic mass is 9.81. The summed E-state index contributed by atoms with van der Waals surface area (Å²) in [5, 5.41) is 2.75. The molecule has 0 radical (unpaired) electrons. The number of ether oxygens (including phenoxy) is 1. The molecule has 1 aliphatic carbocycles. The van der Waals surface area contributed by atoms with Crippen molar-refractivity contribution in [2.45, 2.75) is 25.7 Å². The summed E-state index contributed by atoms with van der Waals surface area (Å²) in [6, 6.07) is 16.9. The summed E-state index contributed by atoms with van der Waals surface area (Å²) in [6.07, 6.45) is 3.21. The highest BCUT2D eigenvalue weighted by molar-refractivity contribution is 6.07. The lowest BCUT2D eigenvalue weighted by molar-refractivity contribution is -0.154. The van der Waals surface area contributed by atoms with Gasteiger partial charge in [-0.15, -0.1) is 0 Å². The third-order valence-corrected chi connectivity index (χ3v) is 5.87. The zero-order valence-corrected chi connectivity index (χ0v) is 17.1. The molecule has 2 unspecified atom stereocenters. The summed E-state index contributed by atoms with van der Waals surface area (Å²) in [5.41, 5.74) is 2.39. The molecule has 2 aromatic rings. The summed E-state index contributed by atoms with van der Waals surface area (Å²) in [7, 11) is 0. The monoisotopic (exact) mass is 420 g/mol. The van der Waals surface area contributed by atoms with E-state index < -0.39 is 25.0 Å². The van der Waals surface area contributed by atoms with E-state index in [9.17, 15) is 19.2 Å². The molecule has 0 bridgehead atoms. The fraction of sp³-hybridized carbons (Fsp3) is 0.333. The van der Waals surface area contributed by atoms with Gasteiger partial charge in [-0.2, -0.15) is 0 Å². The number of esters is 1. The summed E-state index contributed by atoms with van der Waals surface area (Å²) in [4.78, 5) is 50.4. The first-order valence-corrected chi connectivity index (χ1v) is 10.5. The van der Waals surface area contributed by atoms with Crippen LogP contribution in [0.5, 0.6) is 0 Å². The van der Waals surface area contributed by atoms with Gasteiger partial charge in [-0.05, 0) is 24.5 Å². The van der Waals surface area contributed by atoms with Crippen LogP contribution in [0, 0.1) is 11.8 Å². The minimum Gasteiger partial charge on any atom is -0.454 e. The third kappa shape index (κ3) is 4.50. The molecule has 1 heterocycles. The number of benzene rings is 2. The standard InChI is InChI=1S/C24H24N2O5/c27-21(25-20-13-7-6-10-17(20)16-8-2-1-3-9-16)15-31-22(28)14-26-23(29)18-11-4-5-12-19(18)24(26)30/h1-3,6-10,13,18-19H,4-5,11-12,14-15H2,(H,25,27). The van der Waals surface area contributed by atoms with Crippen molar-refractivity contribution in [3.63, 3.8) is 0 Å². The van der Waals surface area contributed by atoms with Crippen molar-refractivity contribution < 1.29 is 23.9 Å². The van der Waals surface area contributed by atoms with Crippen LogP contribution in [0.15, 0.2) is 54.6 Å². The van der Waals surface area contributed by atoms with E-state index in [0.29, 0.717) is 18.5 Å². The number of nitrogens with one attached hydrogen (secondary N) is 1. The summed E-state index contributed by atoms with van der Waals surface area (Å²) in [5.74, 6) is -2.49. The van der Waals surface area contributed by atoms with Crippen LogP contribution in [-0.4, -0.2) is 41.7 Å². The second-order valence-electron chi connectivity index (χ2n) is 7.88. The highest BCUT2D eigenvalue weighted by Gasteiger charge is 2.48. The highest BCUT2D eigenvalue weighted by Crippen LogP contribution is 2.37. The molecule has 1 saturated heterocycles. The Hall–Kier alpha value is -3.48. The normalized spacial score (nSPS) is 20.3. The van der Waals surface area contributed by atoms with Gasteiger partial charge in [0.1, 0.15) is 6.54 Å². The molecule has 2 aliphatic rings. The first kappa shape index (κ1) is 20.8. The molecule has 2 atom stereocenters. The Kier molecular flexibility index (Phi) is 6.11. The molecule has 7 nitrogen and oxygen atoms in total. The fourth-order valence-electron chi connectivity index (χ4n) is 4.36. The van der Waals surface area contributed by atoms with Crippen LogP contribution < -0.4 is 5.32 Å². The highest BCUT2D eigenvalue weighted by atomic mass is 16.5. The van der Waals surface area contributed by atoms with Gasteiger partial charge in [-0.1, -0.05) is 61.4 Å². The van der Waals surface area contributed by atoms with E-state index in [1.54, 1.807) is 12.1 Å². The van der Waals surface area contributed by atoms with E-state index in [2.05, 4.69) is 5.32 Å². The van der Waals surface area contributed by atoms with Crippen molar-refractivity contribution in [1.82, 2.24) is 4.90 Å². The van der Waals surface area contributed by atoms with Crippen LogP contribution in [0.25, 0.3) is 11.1 Å². The molecular weight excluding hydrogens is 396 g/mol. The molecule has 1 saturated carbocycles. The summed E-state index contributed by atoms with van der Waals surface area (Å²) in [6.45, 7) is -0.941. The van der Waals surface area contributed by atoms with Crippen LogP contribution in [0.3, 0.4) is 0 Å². The quantitative estimate of drug-likeness (QED) is 0.573. The zero-order chi connectivity index (χ0) is 21.8. The molecule has 7 heteroatoms. The molecule has 0 aromatic heterocycles. The minimum atomic E-state index is -0.771. The number of likely N-dealkylation sites (tertiary alicyclic amines) is 1. The van der Waals surface area contributed by atoms with Gasteiger partial charge in [0.05, 0.1) is 11.8 Å². The Morgan fingerprint density at radius 2 is 1.52 bits per heavy atom. The number of hydrogen-bond acceptors (Lipinski definition) is 5. The number of fused-ring (bicyclic) bond motifs is 1. The van der Waals surface area contributed by atoms with Crippen molar-refractivity contribution in [3.05, 3.63) is 54.6 Å². The van der Waals surface area contributed by atoms with E-state index in [0.717, 1.165) is 28.9 Å². The molecular formula is C24H24N2O5. The Labute approximate surface area is 180 Å². The van der Waals surface area contributed by atoms with Gasteiger partial charge < -0.3 is 10.1 Å². The van der Waals surface area contributed by atoms with Crippen molar-refractivity contribution in [2.24, 2.45) is 11.8 Å². The Bertz CT molecular complexity index is 980. The van der Waals surface area contributed by atoms with Crippen molar-refractivity contribution >= 4 is 29.4 Å². The lowest BCUT2D eigenvalue weighted by Crippen LogP contribution is -2.37. The Morgan fingerprint density at radius 1 is 0.903 bits per heavy atom. The van der Waals surface area contributed by atoms with Crippen LogP contribution in [-0.2, 0) is 23.9 Å². The van der Waals surface area contributed by atoms with Crippen LogP contribution in [0.1, 0.15) is 25.7 Å². The average molecular weight is 420 g/mol. The average Bonchev–Trinajstić information content (AvgIpc) is 3.04. The smallest absolute Gasteiger partial charge is 0.326 e. The van der Waals surface area contributed by atoms with Crippen molar-refractivity contribution in [2.75, 3.05) is 18.5 Å². The number of rotatable bonds is 6. The number of nitrogens with zero attached hydrogens (tertiary/aromatic N) is 1. The molecule has 0 spiro atoms. The van der Waals surface area contributed by atoms with Gasteiger partial charge in [-0.25, -0.2) is 0 Å². The van der Waals surface area contributed by atoms with E-state index in [-0.39, 0.29) is 23.7 Å². The Morgan fingerprint density at radius 3 is 2.19 bits per heavy atom. The number of anilines is 1. The lowest BCUT2D eigenvalue weighted by Gasteiger charge is -2.19. The molecule has 1 N–H and O–H groups in total. The van der Waals surface area contributed by atoms with E-state index >= 15 is 0 Å². The third-order valence-electron chi connectivity index (χ3n) is 5.87. The second kappa shape index (κ2) is 9.12. The van der Waals surface area contributed by atoms with Crippen LogP contribution in [0.2, 0.25) is 0 Å². The maximum absolute atomic E-state index is 12.5. The molecule has 4 rings (SSSR count). The van der Waals surface area contributed by atoms with Gasteiger partial charge in [0.15, 0.2) is 6.61 Å². The van der Waals surface area contributed by atoms with Gasteiger partial charge >= 0.3 is 5.97 Å². The van der Waals surface area contributed by atoms with E-state index in [1.807, 2.05) is 42.5 Å². The molecule has 2 fully saturated rings. The van der Waals surface area contributed by atoms with E-state index in [1.165, 1.54) is 0 Å². The summed E-state index contributed by atoms with van der Waals surface area (Å²) < 4.78 is 5.04. The molecule has 31 heavy (non-hydrogen) atoms. The molecule has 1 aliphatic heterocycles. The van der Waals surface area contributed by atoms with Crippen molar-refractivity contribution in [1.29, 1.82) is 0 Å². The van der Waals surface area contributed by atoms with Crippen LogP contribution in [0.4, 0.5) is 5.69 Å². The Balaban J connectivity index is 1.32. The first-order valence-electron chi connectivity index (χ1n) is 10.5. The van der Waals surface area contributed by atoms with Crippen molar-refractivity contribution in [3.8, 4) is 11.1 Å². The van der Waals surface area contributed by atoms with Gasteiger partial charge in [0.2, 0.25) is 11.8 Å². The molecule has 2 aromatic carbocycles. The first-order chi connectivity index (χ1) is 15.0. The van der Waals surface area contributed by atoms with Gasteiger partial charge in [0.25, 0.3) is 5.91 Å². The predicted molar refractivity (Wildman–Crippen MR) is 114 cm³/mol. The van der Waals surface area contributed by atoms with Gasteiger partial charge in [-0.3, -0.25) is 24.1 Å².